The van der Waals surface area contributed by atoms with Crippen molar-refractivity contribution in [3.8, 4) is 0 Å². The van der Waals surface area contributed by atoms with Crippen LogP contribution in [0.15, 0.2) is 15.7 Å². The molecule has 0 bridgehead atoms. The van der Waals surface area contributed by atoms with Gasteiger partial charge in [-0.05, 0) is 18.9 Å². The highest BCUT2D eigenvalue weighted by Crippen LogP contribution is 2.35. The maximum atomic E-state index is 13.3. The molecule has 94 valence electrons. The van der Waals surface area contributed by atoms with Crippen molar-refractivity contribution in [1.29, 1.82) is 0 Å². The fourth-order valence-corrected chi connectivity index (χ4v) is 2.02. The van der Waals surface area contributed by atoms with Gasteiger partial charge in [-0.1, -0.05) is 11.6 Å². The first-order valence-corrected chi connectivity index (χ1v) is 5.67. The van der Waals surface area contributed by atoms with E-state index in [0.29, 0.717) is 4.68 Å². The molecule has 0 saturated heterocycles. The van der Waals surface area contributed by atoms with E-state index in [4.69, 9.17) is 17.4 Å². The summed E-state index contributed by atoms with van der Waals surface area (Å²) in [6, 6.07) is 0.902. The second-order valence-electron chi connectivity index (χ2n) is 4.19. The Labute approximate surface area is 104 Å². The van der Waals surface area contributed by atoms with E-state index in [1.165, 1.54) is 4.57 Å². The molecule has 0 aliphatic heterocycles. The van der Waals surface area contributed by atoms with E-state index in [1.807, 2.05) is 0 Å². The summed E-state index contributed by atoms with van der Waals surface area (Å²) in [5.41, 5.74) is -1.36. The molecule has 0 amide bonds. The minimum atomic E-state index is -0.817. The van der Waals surface area contributed by atoms with Crippen molar-refractivity contribution in [3.05, 3.63) is 37.9 Å². The Bertz CT molecular complexity index is 778. The van der Waals surface area contributed by atoms with Gasteiger partial charge in [-0.2, -0.15) is 4.68 Å². The SMILES string of the molecule is Nn1c(=O)c2cc(F)c(Cl)nc2n(C2CC2)c1=O. The van der Waals surface area contributed by atoms with Gasteiger partial charge in [-0.25, -0.2) is 14.2 Å². The maximum absolute atomic E-state index is 13.3. The third-order valence-electron chi connectivity index (χ3n) is 2.91. The van der Waals surface area contributed by atoms with Crippen molar-refractivity contribution in [3.63, 3.8) is 0 Å². The lowest BCUT2D eigenvalue weighted by atomic mass is 10.3. The van der Waals surface area contributed by atoms with Gasteiger partial charge in [-0.3, -0.25) is 9.36 Å². The molecule has 1 aliphatic rings. The van der Waals surface area contributed by atoms with E-state index < -0.39 is 17.1 Å². The third-order valence-corrected chi connectivity index (χ3v) is 3.18. The summed E-state index contributed by atoms with van der Waals surface area (Å²) in [4.78, 5) is 27.5. The average Bonchev–Trinajstić information content (AvgIpc) is 3.14. The number of hydrogen-bond acceptors (Lipinski definition) is 4. The van der Waals surface area contributed by atoms with Gasteiger partial charge in [0.15, 0.2) is 16.6 Å². The summed E-state index contributed by atoms with van der Waals surface area (Å²) in [6.45, 7) is 0. The molecule has 2 aromatic rings. The molecule has 0 aromatic carbocycles. The van der Waals surface area contributed by atoms with Gasteiger partial charge in [0.25, 0.3) is 5.56 Å². The summed E-state index contributed by atoms with van der Waals surface area (Å²) in [5, 5.41) is -0.420. The number of nitrogens with two attached hydrogens (primary N) is 1. The molecule has 1 saturated carbocycles. The average molecular weight is 271 g/mol. The molecule has 0 unspecified atom stereocenters. The fraction of sp³-hybridized carbons (Fsp3) is 0.300. The van der Waals surface area contributed by atoms with Crippen LogP contribution < -0.4 is 17.1 Å². The predicted octanol–water partition coefficient (Wildman–Crippen LogP) is 0.399. The minimum Gasteiger partial charge on any atom is -0.332 e. The summed E-state index contributed by atoms with van der Waals surface area (Å²) < 4.78 is 15.1. The highest BCUT2D eigenvalue weighted by atomic mass is 35.5. The van der Waals surface area contributed by atoms with Gasteiger partial charge in [0.2, 0.25) is 0 Å². The molecule has 8 heteroatoms. The lowest BCUT2D eigenvalue weighted by Gasteiger charge is -2.10. The molecule has 18 heavy (non-hydrogen) atoms. The maximum Gasteiger partial charge on any atom is 0.351 e. The Morgan fingerprint density at radius 3 is 2.72 bits per heavy atom. The summed E-state index contributed by atoms with van der Waals surface area (Å²) in [7, 11) is 0. The van der Waals surface area contributed by atoms with Crippen LogP contribution in [0.5, 0.6) is 0 Å². The van der Waals surface area contributed by atoms with E-state index in [2.05, 4.69) is 4.98 Å². The van der Waals surface area contributed by atoms with Gasteiger partial charge < -0.3 is 5.84 Å². The highest BCUT2D eigenvalue weighted by Gasteiger charge is 2.29. The van der Waals surface area contributed by atoms with Crippen LogP contribution in [0.25, 0.3) is 11.0 Å². The van der Waals surface area contributed by atoms with Crippen LogP contribution in [-0.2, 0) is 0 Å². The van der Waals surface area contributed by atoms with Crippen LogP contribution in [0.1, 0.15) is 18.9 Å². The van der Waals surface area contributed by atoms with Gasteiger partial charge in [0.1, 0.15) is 0 Å². The first kappa shape index (κ1) is 11.2. The molecular formula is C10H8ClFN4O2. The zero-order chi connectivity index (χ0) is 13.0. The largest absolute Gasteiger partial charge is 0.351 e. The zero-order valence-corrected chi connectivity index (χ0v) is 9.82. The first-order valence-electron chi connectivity index (χ1n) is 5.29. The monoisotopic (exact) mass is 270 g/mol. The van der Waals surface area contributed by atoms with Crippen LogP contribution in [0, 0.1) is 5.82 Å². The van der Waals surface area contributed by atoms with Gasteiger partial charge >= 0.3 is 5.69 Å². The molecule has 0 atom stereocenters. The molecule has 2 aromatic heterocycles. The number of halogens is 2. The standard InChI is InChI=1S/C10H8ClFN4O2/c11-7-6(12)3-5-8(14-7)15(4-1-2-4)10(18)16(13)9(5)17/h3-4H,1-2,13H2. The Kier molecular flexibility index (Phi) is 2.21. The van der Waals surface area contributed by atoms with E-state index in [9.17, 15) is 14.0 Å². The number of rotatable bonds is 1. The number of fused-ring (bicyclic) bond motifs is 1. The second kappa shape index (κ2) is 3.55. The summed E-state index contributed by atoms with van der Waals surface area (Å²) in [5.74, 6) is 4.57. The smallest absolute Gasteiger partial charge is 0.332 e. The summed E-state index contributed by atoms with van der Waals surface area (Å²) in [6.07, 6.45) is 1.59. The molecule has 1 fully saturated rings. The third kappa shape index (κ3) is 1.43. The van der Waals surface area contributed by atoms with Crippen LogP contribution in [0.2, 0.25) is 5.15 Å². The topological polar surface area (TPSA) is 82.9 Å². The molecule has 2 heterocycles. The van der Waals surface area contributed by atoms with Crippen molar-refractivity contribution in [2.24, 2.45) is 0 Å². The Morgan fingerprint density at radius 2 is 2.11 bits per heavy atom. The fourth-order valence-electron chi connectivity index (χ4n) is 1.88. The molecule has 0 radical (unpaired) electrons. The highest BCUT2D eigenvalue weighted by molar-refractivity contribution is 6.29. The van der Waals surface area contributed by atoms with Crippen molar-refractivity contribution in [1.82, 2.24) is 14.2 Å². The first-order chi connectivity index (χ1) is 8.50. The minimum absolute atomic E-state index is 0.0501. The molecule has 2 N–H and O–H groups in total. The number of nitrogens with zero attached hydrogens (tertiary/aromatic N) is 3. The van der Waals surface area contributed by atoms with Crippen LogP contribution in [-0.4, -0.2) is 14.2 Å². The van der Waals surface area contributed by atoms with Crippen molar-refractivity contribution >= 4 is 22.6 Å². The number of pyridine rings is 1. The van der Waals surface area contributed by atoms with E-state index >= 15 is 0 Å². The van der Waals surface area contributed by atoms with Crippen molar-refractivity contribution < 1.29 is 4.39 Å². The van der Waals surface area contributed by atoms with Crippen LogP contribution in [0.4, 0.5) is 4.39 Å². The second-order valence-corrected chi connectivity index (χ2v) is 4.55. The number of aromatic nitrogens is 3. The van der Waals surface area contributed by atoms with Crippen molar-refractivity contribution in [2.75, 3.05) is 5.84 Å². The van der Waals surface area contributed by atoms with E-state index in [1.54, 1.807) is 0 Å². The van der Waals surface area contributed by atoms with Gasteiger partial charge in [0.05, 0.1) is 5.39 Å². The lowest BCUT2D eigenvalue weighted by Crippen LogP contribution is -2.44. The predicted molar refractivity (Wildman–Crippen MR) is 63.7 cm³/mol. The molecule has 1 aliphatic carbocycles. The Hall–Kier alpha value is -1.89. The zero-order valence-electron chi connectivity index (χ0n) is 9.06. The van der Waals surface area contributed by atoms with Gasteiger partial charge in [0, 0.05) is 6.04 Å². The molecular weight excluding hydrogens is 263 g/mol. The summed E-state index contributed by atoms with van der Waals surface area (Å²) >= 11 is 5.59. The van der Waals surface area contributed by atoms with Gasteiger partial charge in [-0.15, -0.1) is 0 Å². The van der Waals surface area contributed by atoms with E-state index in [0.717, 1.165) is 18.9 Å². The quantitative estimate of drug-likeness (QED) is 0.601. The number of nitrogen functional groups attached to an aromatic ring is 1. The Morgan fingerprint density at radius 1 is 1.44 bits per heavy atom. The van der Waals surface area contributed by atoms with Crippen molar-refractivity contribution in [2.45, 2.75) is 18.9 Å². The normalized spacial score (nSPS) is 15.2. The molecule has 6 nitrogen and oxygen atoms in total. The lowest BCUT2D eigenvalue weighted by molar-refractivity contribution is 0.617. The van der Waals surface area contributed by atoms with Crippen LogP contribution >= 0.6 is 11.6 Å². The number of hydrogen-bond donors (Lipinski definition) is 1. The molecule has 3 rings (SSSR count). The Balaban J connectivity index is 2.56. The molecule has 0 spiro atoms. The van der Waals surface area contributed by atoms with E-state index in [-0.39, 0.29) is 22.2 Å². The van der Waals surface area contributed by atoms with Crippen LogP contribution in [0.3, 0.4) is 0 Å².